The minimum absolute atomic E-state index is 0.0634. The van der Waals surface area contributed by atoms with Crippen LogP contribution in [0.15, 0.2) is 30.6 Å². The van der Waals surface area contributed by atoms with Crippen molar-refractivity contribution in [3.8, 4) is 11.5 Å². The van der Waals surface area contributed by atoms with Crippen LogP contribution in [0.2, 0.25) is 0 Å². The Labute approximate surface area is 183 Å². The average molecular weight is 429 g/mol. The van der Waals surface area contributed by atoms with Crippen LogP contribution in [-0.2, 0) is 6.54 Å². The van der Waals surface area contributed by atoms with Crippen molar-refractivity contribution in [3.05, 3.63) is 41.7 Å². The topological polar surface area (TPSA) is 96.8 Å². The summed E-state index contributed by atoms with van der Waals surface area (Å²) in [5.41, 5.74) is 0.453. The van der Waals surface area contributed by atoms with Crippen LogP contribution in [0.4, 0.5) is 5.95 Å². The fourth-order valence-electron chi connectivity index (χ4n) is 3.56. The summed E-state index contributed by atoms with van der Waals surface area (Å²) in [6.07, 6.45) is 3.88. The van der Waals surface area contributed by atoms with Crippen molar-refractivity contribution in [2.45, 2.75) is 65.3 Å². The summed E-state index contributed by atoms with van der Waals surface area (Å²) in [6.45, 7) is 11.0. The van der Waals surface area contributed by atoms with Gasteiger partial charge >= 0.3 is 0 Å². The summed E-state index contributed by atoms with van der Waals surface area (Å²) in [6, 6.07) is 5.59. The lowest BCUT2D eigenvalue weighted by Crippen LogP contribution is -2.60. The largest absolute Gasteiger partial charge is 0.494 e. The molecule has 8 heteroatoms. The van der Waals surface area contributed by atoms with E-state index >= 15 is 0 Å². The maximum absolute atomic E-state index is 12.7. The highest BCUT2D eigenvalue weighted by Gasteiger charge is 2.41. The van der Waals surface area contributed by atoms with Gasteiger partial charge < -0.3 is 24.8 Å². The number of rotatable bonds is 9. The van der Waals surface area contributed by atoms with E-state index in [2.05, 4.69) is 15.3 Å². The maximum atomic E-state index is 12.7. The minimum Gasteiger partial charge on any atom is -0.494 e. The van der Waals surface area contributed by atoms with E-state index in [9.17, 15) is 9.90 Å². The van der Waals surface area contributed by atoms with Gasteiger partial charge in [-0.3, -0.25) is 4.79 Å². The third kappa shape index (κ3) is 5.85. The van der Waals surface area contributed by atoms with Crippen molar-refractivity contribution in [2.24, 2.45) is 0 Å². The lowest BCUT2D eigenvalue weighted by atomic mass is 9.87. The molecular weight excluding hydrogens is 396 g/mol. The van der Waals surface area contributed by atoms with Gasteiger partial charge in [0.1, 0.15) is 11.5 Å². The molecule has 2 aromatic rings. The summed E-state index contributed by atoms with van der Waals surface area (Å²) in [4.78, 5) is 22.9. The highest BCUT2D eigenvalue weighted by Crippen LogP contribution is 2.29. The van der Waals surface area contributed by atoms with Gasteiger partial charge in [0.05, 0.1) is 29.9 Å². The van der Waals surface area contributed by atoms with Gasteiger partial charge in [-0.2, -0.15) is 0 Å². The first-order chi connectivity index (χ1) is 14.7. The average Bonchev–Trinajstić information content (AvgIpc) is 2.64. The summed E-state index contributed by atoms with van der Waals surface area (Å²) < 4.78 is 11.4. The summed E-state index contributed by atoms with van der Waals surface area (Å²) in [7, 11) is 0. The zero-order chi connectivity index (χ0) is 22.6. The third-order valence-corrected chi connectivity index (χ3v) is 5.07. The zero-order valence-electron chi connectivity index (χ0n) is 18.9. The monoisotopic (exact) mass is 428 g/mol. The highest BCUT2D eigenvalue weighted by atomic mass is 16.5. The molecule has 0 bridgehead atoms. The van der Waals surface area contributed by atoms with Crippen LogP contribution in [0.1, 0.15) is 57.0 Å². The van der Waals surface area contributed by atoms with Crippen LogP contribution in [0, 0.1) is 0 Å². The second-order valence-corrected chi connectivity index (χ2v) is 8.52. The normalized spacial score (nSPS) is 16.1. The van der Waals surface area contributed by atoms with Crippen LogP contribution in [-0.4, -0.2) is 56.8 Å². The Morgan fingerprint density at radius 3 is 2.48 bits per heavy atom. The molecule has 3 rings (SSSR count). The minimum atomic E-state index is -0.926. The van der Waals surface area contributed by atoms with Gasteiger partial charge in [-0.25, -0.2) is 9.97 Å². The Morgan fingerprint density at radius 1 is 1.26 bits per heavy atom. The molecule has 1 aliphatic rings. The molecule has 31 heavy (non-hydrogen) atoms. The number of nitrogens with zero attached hydrogens (tertiary/aromatic N) is 3. The molecule has 0 unspecified atom stereocenters. The molecular formula is C23H32N4O4. The number of carbonyl (C=O) groups excluding carboxylic acids is 1. The first kappa shape index (κ1) is 22.8. The van der Waals surface area contributed by atoms with Crippen molar-refractivity contribution < 1.29 is 19.4 Å². The number of nitrogens with one attached hydrogen (secondary N) is 1. The molecule has 1 atom stereocenters. The van der Waals surface area contributed by atoms with E-state index in [1.54, 1.807) is 18.7 Å². The van der Waals surface area contributed by atoms with Crippen LogP contribution in [0.25, 0.3) is 0 Å². The number of hydrogen-bond donors (Lipinski definition) is 2. The number of anilines is 1. The third-order valence-electron chi connectivity index (χ3n) is 5.07. The first-order valence-electron chi connectivity index (χ1n) is 10.7. The second-order valence-electron chi connectivity index (χ2n) is 8.52. The molecule has 2 N–H and O–H groups in total. The quantitative estimate of drug-likeness (QED) is 0.633. The Bertz CT molecular complexity index is 893. The summed E-state index contributed by atoms with van der Waals surface area (Å²) >= 11 is 0. The van der Waals surface area contributed by atoms with Gasteiger partial charge in [0, 0.05) is 31.5 Å². The Balaban J connectivity index is 1.64. The fraction of sp³-hybridized carbons (Fsp3) is 0.522. The Kier molecular flexibility index (Phi) is 7.00. The van der Waals surface area contributed by atoms with E-state index in [0.29, 0.717) is 31.2 Å². The van der Waals surface area contributed by atoms with Crippen molar-refractivity contribution in [1.29, 1.82) is 0 Å². The van der Waals surface area contributed by atoms with Gasteiger partial charge in [0.15, 0.2) is 0 Å². The van der Waals surface area contributed by atoms with Crippen molar-refractivity contribution in [3.63, 3.8) is 0 Å². The SMILES string of the molecule is CCOc1cc(CNc2ncc(C(=O)N3CC[C@H]3C(C)(C)O)cn2)cc(OC(C)C)c1. The predicted molar refractivity (Wildman–Crippen MR) is 118 cm³/mol. The molecule has 0 radical (unpaired) electrons. The van der Waals surface area contributed by atoms with E-state index in [0.717, 1.165) is 23.5 Å². The number of benzene rings is 1. The second kappa shape index (κ2) is 9.51. The number of aliphatic hydroxyl groups is 1. The first-order valence-corrected chi connectivity index (χ1v) is 10.7. The molecule has 1 aliphatic heterocycles. The fourth-order valence-corrected chi connectivity index (χ4v) is 3.56. The van der Waals surface area contributed by atoms with Gasteiger partial charge in [-0.05, 0) is 58.7 Å². The number of hydrogen-bond acceptors (Lipinski definition) is 7. The van der Waals surface area contributed by atoms with Gasteiger partial charge in [0.2, 0.25) is 5.95 Å². The van der Waals surface area contributed by atoms with Crippen LogP contribution >= 0.6 is 0 Å². The number of aromatic nitrogens is 2. The van der Waals surface area contributed by atoms with E-state index < -0.39 is 5.60 Å². The number of carbonyl (C=O) groups is 1. The van der Waals surface area contributed by atoms with E-state index in [1.165, 1.54) is 12.4 Å². The van der Waals surface area contributed by atoms with Crippen molar-refractivity contribution in [2.75, 3.05) is 18.5 Å². The van der Waals surface area contributed by atoms with Crippen LogP contribution < -0.4 is 14.8 Å². The lowest BCUT2D eigenvalue weighted by molar-refractivity contribution is -0.0550. The Morgan fingerprint density at radius 2 is 1.94 bits per heavy atom. The zero-order valence-corrected chi connectivity index (χ0v) is 18.9. The van der Waals surface area contributed by atoms with Gasteiger partial charge in [-0.15, -0.1) is 0 Å². The van der Waals surface area contributed by atoms with Gasteiger partial charge in [-0.1, -0.05) is 0 Å². The van der Waals surface area contributed by atoms with Crippen LogP contribution in [0.3, 0.4) is 0 Å². The van der Waals surface area contributed by atoms with Crippen LogP contribution in [0.5, 0.6) is 11.5 Å². The Hall–Kier alpha value is -2.87. The summed E-state index contributed by atoms with van der Waals surface area (Å²) in [5.74, 6) is 1.75. The molecule has 0 aliphatic carbocycles. The van der Waals surface area contributed by atoms with Gasteiger partial charge in [0.25, 0.3) is 5.91 Å². The van der Waals surface area contributed by atoms with E-state index in [4.69, 9.17) is 9.47 Å². The molecule has 1 saturated heterocycles. The molecule has 1 amide bonds. The van der Waals surface area contributed by atoms with E-state index in [-0.39, 0.29) is 18.1 Å². The number of amides is 1. The van der Waals surface area contributed by atoms with E-state index in [1.807, 2.05) is 39.0 Å². The lowest BCUT2D eigenvalue weighted by Gasteiger charge is -2.47. The predicted octanol–water partition coefficient (Wildman–Crippen LogP) is 3.26. The molecule has 2 heterocycles. The molecule has 0 saturated carbocycles. The molecule has 0 spiro atoms. The van der Waals surface area contributed by atoms with Crippen molar-refractivity contribution >= 4 is 11.9 Å². The smallest absolute Gasteiger partial charge is 0.257 e. The highest BCUT2D eigenvalue weighted by molar-refractivity contribution is 5.94. The standard InChI is InChI=1S/C23H32N4O4/c1-6-30-18-9-16(10-19(11-18)31-15(2)3)12-24-22-25-13-17(14-26-22)21(28)27-8-7-20(27)23(4,5)29/h9-11,13-15,20,29H,6-8,12H2,1-5H3,(H,24,25,26)/t20-/m0/s1. The molecule has 168 valence electrons. The maximum Gasteiger partial charge on any atom is 0.257 e. The number of ether oxygens (including phenoxy) is 2. The van der Waals surface area contributed by atoms with Crippen molar-refractivity contribution in [1.82, 2.24) is 14.9 Å². The molecule has 1 aromatic heterocycles. The molecule has 1 fully saturated rings. The number of likely N-dealkylation sites (tertiary alicyclic amines) is 1. The molecule has 1 aromatic carbocycles. The molecule has 8 nitrogen and oxygen atoms in total. The summed E-state index contributed by atoms with van der Waals surface area (Å²) in [5, 5.41) is 13.4.